The van der Waals surface area contributed by atoms with Gasteiger partial charge < -0.3 is 60.2 Å². The molecule has 23 nitrogen and oxygen atoms in total. The Balaban J connectivity index is 0.00000288. The summed E-state index contributed by atoms with van der Waals surface area (Å²) in [6.07, 6.45) is -10.9. The number of nitrogens with one attached hydrogen (secondary N) is 1. The molecule has 0 aliphatic carbocycles. The van der Waals surface area contributed by atoms with E-state index in [1.807, 2.05) is 0 Å². The summed E-state index contributed by atoms with van der Waals surface area (Å²) < 4.78 is 50.8. The van der Waals surface area contributed by atoms with E-state index in [2.05, 4.69) is 33.3 Å². The minimum atomic E-state index is -5.44. The zero-order valence-corrected chi connectivity index (χ0v) is 29.6. The van der Waals surface area contributed by atoms with E-state index in [-0.39, 0.29) is 75.8 Å². The number of imidazole rings is 1. The minimum Gasteiger partial charge on any atom is -0.857 e. The average Bonchev–Trinajstić information content (AvgIpc) is 3.56. The van der Waals surface area contributed by atoms with Gasteiger partial charge in [-0.25, -0.2) is 24.1 Å². The third-order valence-corrected chi connectivity index (χ3v) is 9.07. The number of phosphoric acid groups is 2. The van der Waals surface area contributed by atoms with Crippen LogP contribution in [-0.2, 0) is 32.0 Å². The van der Waals surface area contributed by atoms with Crippen LogP contribution < -0.4 is 80.5 Å². The molecule has 5 rings (SSSR count). The number of fused-ring (bicyclic) bond motifs is 1. The van der Waals surface area contributed by atoms with Crippen molar-refractivity contribution < 1.29 is 132 Å². The number of nitrogens with two attached hydrogens (primary N) is 1. The van der Waals surface area contributed by atoms with E-state index < -0.39 is 95.8 Å². The summed E-state index contributed by atoms with van der Waals surface area (Å²) >= 11 is 0. The van der Waals surface area contributed by atoms with E-state index in [9.17, 15) is 49.6 Å². The van der Waals surface area contributed by atoms with Crippen LogP contribution in [0, 0.1) is 5.41 Å². The van der Waals surface area contributed by atoms with Crippen LogP contribution in [0.4, 0.5) is 5.95 Å². The number of aliphatic hydroxyl groups is 4. The van der Waals surface area contributed by atoms with Crippen LogP contribution in [0.5, 0.6) is 11.9 Å². The second kappa shape index (κ2) is 15.2. The third kappa shape index (κ3) is 8.34. The summed E-state index contributed by atoms with van der Waals surface area (Å²) in [7, 11) is -10.9. The monoisotopic (exact) mass is 712 g/mol. The van der Waals surface area contributed by atoms with Crippen molar-refractivity contribution in [2.24, 2.45) is 0 Å². The molecule has 9 N–H and O–H groups in total. The van der Waals surface area contributed by atoms with E-state index in [0.29, 0.717) is 0 Å². The molecule has 0 spiro atoms. The Morgan fingerprint density at radius 3 is 1.93 bits per heavy atom. The van der Waals surface area contributed by atoms with Crippen molar-refractivity contribution in [1.29, 1.82) is 5.41 Å². The first-order valence-corrected chi connectivity index (χ1v) is 15.2. The number of rotatable bonds is 10. The molecule has 0 radical (unpaired) electrons. The molecule has 27 heteroatoms. The Hall–Kier alpha value is -1.15. The number of hydrogen-bond acceptors (Lipinski definition) is 19. The zero-order valence-electron chi connectivity index (χ0n) is 23.8. The van der Waals surface area contributed by atoms with Gasteiger partial charge in [0.15, 0.2) is 18.1 Å². The van der Waals surface area contributed by atoms with Crippen molar-refractivity contribution in [2.45, 2.75) is 49.1 Å². The van der Waals surface area contributed by atoms with E-state index >= 15 is 0 Å². The number of aromatic nitrogens is 6. The molecule has 5 heterocycles. The van der Waals surface area contributed by atoms with E-state index in [1.54, 1.807) is 0 Å². The zero-order chi connectivity index (χ0) is 32.1. The van der Waals surface area contributed by atoms with E-state index in [4.69, 9.17) is 20.6 Å². The van der Waals surface area contributed by atoms with Gasteiger partial charge in [-0.15, -0.1) is 0 Å². The van der Waals surface area contributed by atoms with E-state index in [0.717, 1.165) is 27.7 Å². The maximum atomic E-state index is 12.4. The molecule has 2 aliphatic rings. The quantitative estimate of drug-likeness (QED) is 0.0714. The maximum Gasteiger partial charge on any atom is 1.00 e. The molecule has 2 unspecified atom stereocenters. The maximum absolute atomic E-state index is 12.4. The number of aliphatic hydroxyl groups excluding tert-OH is 4. The van der Waals surface area contributed by atoms with Gasteiger partial charge in [-0.2, -0.15) is 9.29 Å². The fourth-order valence-electron chi connectivity index (χ4n) is 4.41. The SMILES string of the molecule is N=c1ccn([C@@H]2O[C@H](COP(=O)(O)OP(=O)(O)OC[C@H]3O[C@@H](n4cnc5c([O-])nc(N)nc54)[C@H](O)[C@@H]3O)[C@@H](O)[C@H]2O)c([O-])n1.[Na+].[Na+]. The number of nitrogen functional groups attached to an aromatic ring is 1. The summed E-state index contributed by atoms with van der Waals surface area (Å²) in [5.74, 6) is -1.21. The van der Waals surface area contributed by atoms with E-state index in [1.165, 1.54) is 0 Å². The molecule has 0 bridgehead atoms. The summed E-state index contributed by atoms with van der Waals surface area (Å²) in [6.45, 7) is -1.96. The van der Waals surface area contributed by atoms with Crippen molar-refractivity contribution in [3.8, 4) is 11.9 Å². The second-order valence-corrected chi connectivity index (χ2v) is 12.5. The van der Waals surface area contributed by atoms with Gasteiger partial charge >= 0.3 is 74.8 Å². The number of anilines is 1. The largest absolute Gasteiger partial charge is 1.00 e. The molecule has 10 atom stereocenters. The Kier molecular flexibility index (Phi) is 13.0. The minimum absolute atomic E-state index is 0. The summed E-state index contributed by atoms with van der Waals surface area (Å²) in [5.41, 5.74) is 4.76. The fourth-order valence-corrected chi connectivity index (χ4v) is 6.50. The van der Waals surface area contributed by atoms with Crippen LogP contribution in [-0.4, -0.2) is 109 Å². The van der Waals surface area contributed by atoms with Crippen molar-refractivity contribution in [3.63, 3.8) is 0 Å². The van der Waals surface area contributed by atoms with Crippen LogP contribution in [0.1, 0.15) is 12.5 Å². The molecule has 2 aliphatic heterocycles. The number of phosphoric ester groups is 2. The van der Waals surface area contributed by atoms with Gasteiger partial charge in [0.05, 0.1) is 25.6 Å². The van der Waals surface area contributed by atoms with Crippen molar-refractivity contribution >= 4 is 32.8 Å². The Bertz CT molecular complexity index is 1700. The van der Waals surface area contributed by atoms with Crippen LogP contribution in [0.2, 0.25) is 0 Å². The number of nitrogens with zero attached hydrogens (tertiary/aromatic N) is 6. The van der Waals surface area contributed by atoms with Crippen LogP contribution in [0.3, 0.4) is 0 Å². The molecule has 0 saturated carbocycles. The molecular weight excluding hydrogens is 688 g/mol. The van der Waals surface area contributed by atoms with Crippen molar-refractivity contribution in [3.05, 3.63) is 24.1 Å². The Morgan fingerprint density at radius 2 is 1.41 bits per heavy atom. The first kappa shape index (κ1) is 39.3. The van der Waals surface area contributed by atoms with Crippen LogP contribution >= 0.6 is 15.6 Å². The molecular formula is C19H24N8Na2O15P2. The average molecular weight is 712 g/mol. The normalized spacial score (nSPS) is 30.3. The third-order valence-electron chi connectivity index (χ3n) is 6.47. The van der Waals surface area contributed by atoms with Gasteiger partial charge in [0.25, 0.3) is 0 Å². The summed E-state index contributed by atoms with van der Waals surface area (Å²) in [5, 5.41) is 72.6. The van der Waals surface area contributed by atoms with Crippen LogP contribution in [0.25, 0.3) is 11.2 Å². The van der Waals surface area contributed by atoms with Gasteiger partial charge in [0, 0.05) is 12.1 Å². The van der Waals surface area contributed by atoms with Gasteiger partial charge in [-0.05, 0) is 6.07 Å². The van der Waals surface area contributed by atoms with Crippen LogP contribution in [0.15, 0.2) is 18.6 Å². The number of hydrogen-bond donors (Lipinski definition) is 8. The smallest absolute Gasteiger partial charge is 0.857 e. The second-order valence-electron chi connectivity index (χ2n) is 9.42. The topological polar surface area (TPSA) is 359 Å². The van der Waals surface area contributed by atoms with Crippen molar-refractivity contribution in [1.82, 2.24) is 29.1 Å². The van der Waals surface area contributed by atoms with Gasteiger partial charge in [-0.3, -0.25) is 19.0 Å². The predicted octanol–water partition coefficient (Wildman–Crippen LogP) is -10.6. The molecule has 0 aromatic carbocycles. The molecule has 46 heavy (non-hydrogen) atoms. The Morgan fingerprint density at radius 1 is 0.891 bits per heavy atom. The predicted molar refractivity (Wildman–Crippen MR) is 131 cm³/mol. The summed E-state index contributed by atoms with van der Waals surface area (Å²) in [6, 6.07) is 0.112. The fraction of sp³-hybridized carbons (Fsp3) is 0.526. The van der Waals surface area contributed by atoms with Gasteiger partial charge in [-0.1, -0.05) is 0 Å². The Labute approximate surface area is 300 Å². The molecule has 3 aromatic rings. The van der Waals surface area contributed by atoms with Crippen molar-refractivity contribution in [2.75, 3.05) is 18.9 Å². The van der Waals surface area contributed by atoms with Gasteiger partial charge in [0.2, 0.25) is 5.95 Å². The summed E-state index contributed by atoms with van der Waals surface area (Å²) in [4.78, 5) is 34.4. The molecule has 0 amide bonds. The molecule has 3 aromatic heterocycles. The first-order chi connectivity index (χ1) is 20.6. The van der Waals surface area contributed by atoms with Gasteiger partial charge in [0.1, 0.15) is 47.6 Å². The number of ether oxygens (including phenoxy) is 2. The first-order valence-electron chi connectivity index (χ1n) is 12.2. The standard InChI is InChI=1S/C19H26N8O15P2.2Na/c20-8-1-2-26(19(33)23-8)16-12(30)10(28)6(40-16)3-38-43(34,35)42-44(36,37)39-4-7-11(29)13(31)17(41-7)27-5-22-9-14(27)24-18(21)25-15(9)32;;/h1-2,5-7,10-13,16-17,28-31H,3-4H2,(H,34,35)(H,36,37)(H2,20,23,33)(H3,21,24,25,32);;/q;2*+1/p-2/t6-,7-,10-,11-,12-,13-,16-,17-;;/m1../s1. The molecule has 2 fully saturated rings. The molecule has 242 valence electrons. The molecule has 2 saturated heterocycles.